The van der Waals surface area contributed by atoms with E-state index in [1.165, 1.54) is 38.5 Å². The number of carbonyl (C=O) groups is 1. The molecule has 3 aromatic carbocycles. The number of anilines is 3. The Hall–Kier alpha value is -4.01. The van der Waals surface area contributed by atoms with E-state index in [0.717, 1.165) is 74.1 Å². The maximum atomic E-state index is 13.0. The van der Waals surface area contributed by atoms with E-state index in [-0.39, 0.29) is 18.5 Å². The predicted octanol–water partition coefficient (Wildman–Crippen LogP) is 12.4. The third kappa shape index (κ3) is 13.2. The zero-order chi connectivity index (χ0) is 36.3. The Balaban J connectivity index is 1.40. The summed E-state index contributed by atoms with van der Waals surface area (Å²) in [6, 6.07) is 21.1. The zero-order valence-corrected chi connectivity index (χ0v) is 30.5. The van der Waals surface area contributed by atoms with Gasteiger partial charge in [-0.15, -0.1) is 0 Å². The van der Waals surface area contributed by atoms with Crippen molar-refractivity contribution in [2.75, 3.05) is 23.9 Å². The first-order valence-corrected chi connectivity index (χ1v) is 19.0. The summed E-state index contributed by atoms with van der Waals surface area (Å²) in [4.78, 5) is 20.3. The Bertz CT molecular complexity index is 1490. The molecular formula is C42H56F3N3O3. The van der Waals surface area contributed by atoms with E-state index in [9.17, 15) is 18.0 Å². The fraction of sp³-hybridized carbons (Fsp3) is 0.524. The lowest BCUT2D eigenvalue weighted by Crippen LogP contribution is -2.33. The van der Waals surface area contributed by atoms with Gasteiger partial charge in [0.05, 0.1) is 30.5 Å². The van der Waals surface area contributed by atoms with E-state index >= 15 is 0 Å². The van der Waals surface area contributed by atoms with Crippen molar-refractivity contribution in [1.82, 2.24) is 0 Å². The number of fused-ring (bicyclic) bond motifs is 1. The molecule has 0 aromatic heterocycles. The summed E-state index contributed by atoms with van der Waals surface area (Å²) in [6.07, 6.45) is 13.4. The molecule has 1 atom stereocenters. The van der Waals surface area contributed by atoms with Crippen LogP contribution in [0.25, 0.3) is 0 Å². The highest BCUT2D eigenvalue weighted by molar-refractivity contribution is 6.06. The third-order valence-corrected chi connectivity index (χ3v) is 9.41. The van der Waals surface area contributed by atoms with E-state index in [2.05, 4.69) is 23.2 Å². The second kappa shape index (κ2) is 21.4. The van der Waals surface area contributed by atoms with Crippen LogP contribution in [0.4, 0.5) is 30.2 Å². The molecule has 1 unspecified atom stereocenters. The third-order valence-electron chi connectivity index (χ3n) is 9.41. The number of para-hydroxylation sites is 1. The zero-order valence-electron chi connectivity index (χ0n) is 30.5. The largest absolute Gasteiger partial charge is 0.496 e. The Morgan fingerprint density at radius 1 is 0.765 bits per heavy atom. The number of hydrogen-bond acceptors (Lipinski definition) is 5. The van der Waals surface area contributed by atoms with E-state index in [1.54, 1.807) is 25.3 Å². The van der Waals surface area contributed by atoms with Gasteiger partial charge in [-0.3, -0.25) is 9.79 Å². The maximum absolute atomic E-state index is 13.0. The Kier molecular flexibility index (Phi) is 16.7. The van der Waals surface area contributed by atoms with Gasteiger partial charge in [-0.1, -0.05) is 102 Å². The van der Waals surface area contributed by atoms with Crippen LogP contribution < -0.4 is 19.7 Å². The summed E-state index contributed by atoms with van der Waals surface area (Å²) in [6.45, 7) is 2.91. The molecule has 3 aromatic rings. The molecule has 0 spiro atoms. The Morgan fingerprint density at radius 3 is 2.08 bits per heavy atom. The summed E-state index contributed by atoms with van der Waals surface area (Å²) in [5.41, 5.74) is 4.08. The van der Waals surface area contributed by atoms with Gasteiger partial charge in [0.15, 0.2) is 0 Å². The van der Waals surface area contributed by atoms with Gasteiger partial charge in [0.2, 0.25) is 0 Å². The summed E-state index contributed by atoms with van der Waals surface area (Å²) < 4.78 is 49.0. The first kappa shape index (κ1) is 39.8. The van der Waals surface area contributed by atoms with Crippen molar-refractivity contribution in [1.29, 1.82) is 0 Å². The lowest BCUT2D eigenvalue weighted by molar-refractivity contribution is -0.135. The maximum Gasteiger partial charge on any atom is 0.389 e. The number of nitrogens with zero attached hydrogens (tertiary/aromatic N) is 2. The number of ether oxygens (including phenoxy) is 2. The van der Waals surface area contributed by atoms with Crippen LogP contribution in [-0.2, 0) is 0 Å². The first-order chi connectivity index (χ1) is 24.8. The van der Waals surface area contributed by atoms with E-state index in [1.807, 2.05) is 48.7 Å². The molecule has 1 N–H and O–H groups in total. The van der Waals surface area contributed by atoms with Gasteiger partial charge in [-0.25, -0.2) is 0 Å². The molecule has 1 heterocycles. The summed E-state index contributed by atoms with van der Waals surface area (Å²) in [5.74, 6) is 1.10. The van der Waals surface area contributed by atoms with Gasteiger partial charge in [0.1, 0.15) is 17.7 Å². The Morgan fingerprint density at radius 2 is 1.39 bits per heavy atom. The Labute approximate surface area is 302 Å². The second-order valence-corrected chi connectivity index (χ2v) is 13.5. The summed E-state index contributed by atoms with van der Waals surface area (Å²) >= 11 is 0. The molecule has 4 rings (SSSR count). The molecular weight excluding hydrogens is 651 g/mol. The summed E-state index contributed by atoms with van der Waals surface area (Å²) in [7, 11) is 1.55. The summed E-state index contributed by atoms with van der Waals surface area (Å²) in [5, 5.41) is 2.98. The van der Waals surface area contributed by atoms with Crippen LogP contribution >= 0.6 is 0 Å². The molecule has 6 nitrogen and oxygen atoms in total. The number of methoxy groups -OCH3 is 1. The quantitative estimate of drug-likeness (QED) is 0.0997. The minimum atomic E-state index is -4.06. The molecule has 278 valence electrons. The van der Waals surface area contributed by atoms with Crippen molar-refractivity contribution in [2.45, 2.75) is 128 Å². The molecule has 0 aliphatic carbocycles. The van der Waals surface area contributed by atoms with Crippen LogP contribution in [-0.4, -0.2) is 38.2 Å². The average molecular weight is 708 g/mol. The molecule has 51 heavy (non-hydrogen) atoms. The monoisotopic (exact) mass is 707 g/mol. The molecule has 9 heteroatoms. The molecule has 0 radical (unpaired) electrons. The smallest absolute Gasteiger partial charge is 0.389 e. The normalized spacial score (nSPS) is 14.0. The number of amides is 1. The van der Waals surface area contributed by atoms with Crippen LogP contribution in [0.15, 0.2) is 71.7 Å². The number of hydrogen-bond donors (Lipinski definition) is 1. The fourth-order valence-corrected chi connectivity index (χ4v) is 6.59. The predicted molar refractivity (Wildman–Crippen MR) is 203 cm³/mol. The van der Waals surface area contributed by atoms with Crippen LogP contribution in [0.5, 0.6) is 11.5 Å². The highest BCUT2D eigenvalue weighted by Gasteiger charge is 2.27. The molecule has 0 fully saturated rings. The topological polar surface area (TPSA) is 63.2 Å². The van der Waals surface area contributed by atoms with E-state index in [0.29, 0.717) is 30.0 Å². The number of unbranched alkanes of at least 4 members (excludes halogenated alkanes) is 13. The van der Waals surface area contributed by atoms with Crippen molar-refractivity contribution in [3.63, 3.8) is 0 Å². The van der Waals surface area contributed by atoms with E-state index < -0.39 is 12.6 Å². The number of benzene rings is 3. The van der Waals surface area contributed by atoms with Crippen LogP contribution in [0.3, 0.4) is 0 Å². The van der Waals surface area contributed by atoms with Gasteiger partial charge in [-0.2, -0.15) is 13.2 Å². The SMILES string of the molecule is CCCCCCCCCCOc1cccc2c1C=NC(CCCCCCCCCC(F)(F)F)N2c1ccc(NC(=O)c2ccccc2OC)cc1. The lowest BCUT2D eigenvalue weighted by atomic mass is 10.0. The van der Waals surface area contributed by atoms with Crippen molar-refractivity contribution in [3.8, 4) is 11.5 Å². The van der Waals surface area contributed by atoms with E-state index in [4.69, 9.17) is 14.5 Å². The molecule has 0 saturated heterocycles. The lowest BCUT2D eigenvalue weighted by Gasteiger charge is -2.35. The highest BCUT2D eigenvalue weighted by atomic mass is 19.4. The number of halogens is 3. The number of aliphatic imine (C=N–C) groups is 1. The van der Waals surface area contributed by atoms with Crippen LogP contribution in [0, 0.1) is 0 Å². The van der Waals surface area contributed by atoms with Crippen molar-refractivity contribution in [3.05, 3.63) is 77.9 Å². The standard InChI is InChI=1S/C42H56F3N3O3/c1-3-4-5-6-7-11-14-19-31-51-39-24-20-22-37-36(39)32-46-40(25-15-12-9-8-10-13-18-30-42(43,44)45)48(37)34-28-26-33(27-29-34)47-41(49)35-21-16-17-23-38(35)50-2/h16-17,20-24,26-29,32,40H,3-15,18-19,25,30-31H2,1-2H3,(H,47,49). The molecule has 0 bridgehead atoms. The number of rotatable bonds is 23. The number of carbonyl (C=O) groups excluding carboxylic acids is 1. The minimum Gasteiger partial charge on any atom is -0.496 e. The average Bonchev–Trinajstić information content (AvgIpc) is 3.13. The van der Waals surface area contributed by atoms with Gasteiger partial charge < -0.3 is 19.7 Å². The molecule has 0 saturated carbocycles. The van der Waals surface area contributed by atoms with Crippen molar-refractivity contribution < 1.29 is 27.4 Å². The van der Waals surface area contributed by atoms with Crippen LogP contribution in [0.2, 0.25) is 0 Å². The second-order valence-electron chi connectivity index (χ2n) is 13.5. The molecule has 1 aliphatic heterocycles. The van der Waals surface area contributed by atoms with Crippen molar-refractivity contribution in [2.24, 2.45) is 4.99 Å². The number of nitrogens with one attached hydrogen (secondary N) is 1. The van der Waals surface area contributed by atoms with Gasteiger partial charge in [-0.05, 0) is 74.2 Å². The van der Waals surface area contributed by atoms with Crippen molar-refractivity contribution >= 4 is 29.2 Å². The number of alkyl halides is 3. The fourth-order valence-electron chi connectivity index (χ4n) is 6.59. The minimum absolute atomic E-state index is 0.124. The first-order valence-electron chi connectivity index (χ1n) is 19.0. The van der Waals surface area contributed by atoms with Gasteiger partial charge in [0, 0.05) is 24.0 Å². The van der Waals surface area contributed by atoms with Crippen LogP contribution in [0.1, 0.15) is 132 Å². The molecule has 1 aliphatic rings. The highest BCUT2D eigenvalue weighted by Crippen LogP contribution is 2.39. The van der Waals surface area contributed by atoms with Gasteiger partial charge >= 0.3 is 6.18 Å². The molecule has 1 amide bonds. The van der Waals surface area contributed by atoms with Gasteiger partial charge in [0.25, 0.3) is 5.91 Å².